The van der Waals surface area contributed by atoms with Gasteiger partial charge in [0, 0.05) is 32.3 Å². The Kier molecular flexibility index (Phi) is 5.67. The fourth-order valence-corrected chi connectivity index (χ4v) is 4.15. The molecule has 1 saturated carbocycles. The number of alkyl halides is 1. The van der Waals surface area contributed by atoms with Crippen LogP contribution in [0.15, 0.2) is 29.3 Å². The maximum absolute atomic E-state index is 13.2. The van der Waals surface area contributed by atoms with Gasteiger partial charge < -0.3 is 25.3 Å². The summed E-state index contributed by atoms with van der Waals surface area (Å²) in [6.45, 7) is 1.13. The first-order chi connectivity index (χ1) is 15.9. The van der Waals surface area contributed by atoms with Crippen LogP contribution >= 0.6 is 11.6 Å². The van der Waals surface area contributed by atoms with Crippen LogP contribution in [0.25, 0.3) is 5.65 Å². The summed E-state index contributed by atoms with van der Waals surface area (Å²) in [4.78, 5) is 30.3. The molecule has 1 unspecified atom stereocenters. The molecule has 1 aliphatic heterocycles. The van der Waals surface area contributed by atoms with E-state index in [-0.39, 0.29) is 28.5 Å². The minimum absolute atomic E-state index is 0.0966. The maximum atomic E-state index is 13.2. The van der Waals surface area contributed by atoms with Crippen molar-refractivity contribution >= 4 is 40.5 Å². The second kappa shape index (κ2) is 8.64. The molecule has 3 aromatic heterocycles. The average Bonchev–Trinajstić information content (AvgIpc) is 3.33. The molecule has 0 radical (unpaired) electrons. The lowest BCUT2D eigenvalue weighted by Crippen LogP contribution is -2.31. The van der Waals surface area contributed by atoms with E-state index < -0.39 is 18.1 Å². The maximum Gasteiger partial charge on any atom is 0.274 e. The molecular weight excluding hydrogens is 453 g/mol. The van der Waals surface area contributed by atoms with Gasteiger partial charge in [0.15, 0.2) is 5.65 Å². The van der Waals surface area contributed by atoms with E-state index in [0.29, 0.717) is 36.3 Å². The zero-order valence-electron chi connectivity index (χ0n) is 17.8. The Morgan fingerprint density at radius 1 is 1.36 bits per heavy atom. The number of carbonyl (C=O) groups is 1. The highest BCUT2D eigenvalue weighted by Crippen LogP contribution is 2.27. The van der Waals surface area contributed by atoms with Crippen LogP contribution in [0.5, 0.6) is 0 Å². The van der Waals surface area contributed by atoms with Gasteiger partial charge in [0.1, 0.15) is 29.1 Å². The molecule has 3 N–H and O–H groups in total. The first-order valence-corrected chi connectivity index (χ1v) is 11.1. The third-order valence-corrected chi connectivity index (χ3v) is 6.01. The predicted molar refractivity (Wildman–Crippen MR) is 121 cm³/mol. The predicted octanol–water partition coefficient (Wildman–Crippen LogP) is 2.52. The molecule has 1 saturated heterocycles. The fraction of sp³-hybridized carbons (Fsp3) is 0.429. The van der Waals surface area contributed by atoms with Gasteiger partial charge in [-0.15, -0.1) is 0 Å². The number of nitrogens with one attached hydrogen (secondary N) is 3. The quantitative estimate of drug-likeness (QED) is 0.502. The number of carbonyl (C=O) groups excluding carboxylic acids is 1. The molecule has 0 bridgehead atoms. The van der Waals surface area contributed by atoms with Crippen LogP contribution in [0.4, 0.5) is 21.7 Å². The Morgan fingerprint density at radius 2 is 2.18 bits per heavy atom. The molecule has 2 fully saturated rings. The van der Waals surface area contributed by atoms with Crippen molar-refractivity contribution in [1.82, 2.24) is 24.5 Å². The van der Waals surface area contributed by atoms with Crippen LogP contribution in [0, 0.1) is 0 Å². The summed E-state index contributed by atoms with van der Waals surface area (Å²) >= 11 is 6.31. The van der Waals surface area contributed by atoms with E-state index in [1.165, 1.54) is 16.8 Å². The third kappa shape index (κ3) is 4.25. The van der Waals surface area contributed by atoms with Gasteiger partial charge in [-0.3, -0.25) is 9.59 Å². The normalized spacial score (nSPS) is 22.2. The third-order valence-electron chi connectivity index (χ3n) is 5.80. The van der Waals surface area contributed by atoms with Crippen molar-refractivity contribution in [3.05, 3.63) is 45.5 Å². The van der Waals surface area contributed by atoms with Crippen LogP contribution in [0.1, 0.15) is 35.7 Å². The van der Waals surface area contributed by atoms with E-state index in [2.05, 4.69) is 26.0 Å². The Hall–Kier alpha value is -3.18. The van der Waals surface area contributed by atoms with Gasteiger partial charge in [-0.05, 0) is 18.9 Å². The molecule has 2 aliphatic rings. The standard InChI is InChI=1S/C21H23ClFN7O3/c1-24-18-7-17(28-19-13(8-25-30(18)19)20(31)27-15-6-14(15)23)26-16-5-11(22)9-29(21(16)32)12-3-2-4-33-10-12/h5,7-9,12,14-15,24H,2-4,6,10H2,1H3,(H,26,28)(H,27,31)/t12?,14-,15+/m1/s1. The summed E-state index contributed by atoms with van der Waals surface area (Å²) in [5, 5.41) is 13.3. The van der Waals surface area contributed by atoms with Crippen molar-refractivity contribution in [1.29, 1.82) is 0 Å². The van der Waals surface area contributed by atoms with Crippen molar-refractivity contribution in [3.63, 3.8) is 0 Å². The van der Waals surface area contributed by atoms with Crippen molar-refractivity contribution < 1.29 is 13.9 Å². The highest BCUT2D eigenvalue weighted by atomic mass is 35.5. The lowest BCUT2D eigenvalue weighted by atomic mass is 10.1. The van der Waals surface area contributed by atoms with E-state index in [1.807, 2.05) is 0 Å². The smallest absolute Gasteiger partial charge is 0.274 e. The van der Waals surface area contributed by atoms with Gasteiger partial charge in [0.05, 0.1) is 29.9 Å². The van der Waals surface area contributed by atoms with Gasteiger partial charge in [-0.1, -0.05) is 11.6 Å². The number of halogens is 2. The second-order valence-electron chi connectivity index (χ2n) is 8.18. The molecule has 10 nitrogen and oxygen atoms in total. The number of amides is 1. The van der Waals surface area contributed by atoms with Gasteiger partial charge in [0.2, 0.25) is 0 Å². The molecule has 5 rings (SSSR count). The molecule has 3 atom stereocenters. The monoisotopic (exact) mass is 475 g/mol. The Labute approximate surface area is 193 Å². The Bertz CT molecular complexity index is 1270. The number of pyridine rings is 1. The molecular formula is C21H23ClFN7O3. The lowest BCUT2D eigenvalue weighted by Gasteiger charge is -2.25. The molecule has 4 heterocycles. The minimum atomic E-state index is -1.02. The zero-order valence-corrected chi connectivity index (χ0v) is 18.6. The molecule has 174 valence electrons. The number of hydrogen-bond acceptors (Lipinski definition) is 7. The van der Waals surface area contributed by atoms with E-state index in [9.17, 15) is 14.0 Å². The van der Waals surface area contributed by atoms with E-state index in [0.717, 1.165) is 12.8 Å². The molecule has 0 spiro atoms. The summed E-state index contributed by atoms with van der Waals surface area (Å²) in [6.07, 6.45) is 3.97. The molecule has 3 aromatic rings. The summed E-state index contributed by atoms with van der Waals surface area (Å²) in [7, 11) is 1.70. The van der Waals surface area contributed by atoms with E-state index in [1.54, 1.807) is 23.9 Å². The molecule has 0 aromatic carbocycles. The van der Waals surface area contributed by atoms with Crippen molar-refractivity contribution in [2.45, 2.75) is 37.5 Å². The van der Waals surface area contributed by atoms with Gasteiger partial charge in [-0.25, -0.2) is 9.37 Å². The SMILES string of the molecule is CNc1cc(Nc2cc(Cl)cn(C3CCCOC3)c2=O)nc2c(C(=O)N[C@H]3C[C@H]3F)cnn12. The number of anilines is 3. The minimum Gasteiger partial charge on any atom is -0.379 e. The van der Waals surface area contributed by atoms with Crippen molar-refractivity contribution in [2.75, 3.05) is 30.9 Å². The Balaban J connectivity index is 1.50. The van der Waals surface area contributed by atoms with Crippen molar-refractivity contribution in [2.24, 2.45) is 0 Å². The van der Waals surface area contributed by atoms with Gasteiger partial charge in [-0.2, -0.15) is 9.61 Å². The number of aromatic nitrogens is 4. The van der Waals surface area contributed by atoms with Crippen LogP contribution in [-0.4, -0.2) is 57.5 Å². The largest absolute Gasteiger partial charge is 0.379 e. The number of fused-ring (bicyclic) bond motifs is 1. The first-order valence-electron chi connectivity index (χ1n) is 10.7. The van der Waals surface area contributed by atoms with Gasteiger partial charge >= 0.3 is 0 Å². The van der Waals surface area contributed by atoms with E-state index >= 15 is 0 Å². The van der Waals surface area contributed by atoms with Crippen LogP contribution in [-0.2, 0) is 4.74 Å². The first kappa shape index (κ1) is 21.7. The average molecular weight is 476 g/mol. The summed E-state index contributed by atoms with van der Waals surface area (Å²) in [5.41, 5.74) is 0.463. The van der Waals surface area contributed by atoms with Gasteiger partial charge in [0.25, 0.3) is 11.5 Å². The number of nitrogens with zero attached hydrogens (tertiary/aromatic N) is 4. The molecule has 1 aliphatic carbocycles. The highest BCUT2D eigenvalue weighted by Gasteiger charge is 2.39. The number of ether oxygens (including phenoxy) is 1. The summed E-state index contributed by atoms with van der Waals surface area (Å²) in [5.74, 6) is 0.408. The van der Waals surface area contributed by atoms with E-state index in [4.69, 9.17) is 16.3 Å². The number of rotatable bonds is 6. The van der Waals surface area contributed by atoms with Crippen molar-refractivity contribution in [3.8, 4) is 0 Å². The molecule has 12 heteroatoms. The second-order valence-corrected chi connectivity index (χ2v) is 8.62. The summed E-state index contributed by atoms with van der Waals surface area (Å²) < 4.78 is 21.8. The molecule has 33 heavy (non-hydrogen) atoms. The van der Waals surface area contributed by atoms with Crippen LogP contribution < -0.4 is 21.5 Å². The van der Waals surface area contributed by atoms with Crippen LogP contribution in [0.2, 0.25) is 5.02 Å². The highest BCUT2D eigenvalue weighted by molar-refractivity contribution is 6.30. The lowest BCUT2D eigenvalue weighted by molar-refractivity contribution is 0.0581. The topological polar surface area (TPSA) is 115 Å². The Morgan fingerprint density at radius 3 is 2.88 bits per heavy atom. The zero-order chi connectivity index (χ0) is 23.1. The summed E-state index contributed by atoms with van der Waals surface area (Å²) in [6, 6.07) is 2.62. The fourth-order valence-electron chi connectivity index (χ4n) is 3.93. The van der Waals surface area contributed by atoms with Crippen LogP contribution in [0.3, 0.4) is 0 Å². The number of hydrogen-bond donors (Lipinski definition) is 3. The molecule has 1 amide bonds.